The first kappa shape index (κ1) is 21.8. The summed E-state index contributed by atoms with van der Waals surface area (Å²) in [6, 6.07) is 0. The fourth-order valence-corrected chi connectivity index (χ4v) is 9.09. The van der Waals surface area contributed by atoms with Crippen molar-refractivity contribution < 1.29 is 9.90 Å². The van der Waals surface area contributed by atoms with Gasteiger partial charge in [0.25, 0.3) is 0 Å². The van der Waals surface area contributed by atoms with Crippen LogP contribution in [0.4, 0.5) is 0 Å². The second kappa shape index (κ2) is 7.64. The molecule has 2 nitrogen and oxygen atoms in total. The molecule has 4 aliphatic rings. The zero-order chi connectivity index (χ0) is 21.0. The molecule has 0 radical (unpaired) electrons. The monoisotopic (exact) mass is 402 g/mol. The minimum absolute atomic E-state index is 0.173. The topological polar surface area (TPSA) is 37.3 Å². The summed E-state index contributed by atoms with van der Waals surface area (Å²) in [6.45, 7) is 12.1. The number of carbonyl (C=O) groups is 1. The Balaban J connectivity index is 1.53. The van der Waals surface area contributed by atoms with E-state index in [1.54, 1.807) is 0 Å². The lowest BCUT2D eigenvalue weighted by Gasteiger charge is -2.62. The van der Waals surface area contributed by atoms with Gasteiger partial charge in [-0.2, -0.15) is 0 Å². The Morgan fingerprint density at radius 3 is 2.41 bits per heavy atom. The molecule has 0 unspecified atom stereocenters. The number of ketones is 1. The molecule has 0 aromatic rings. The minimum atomic E-state index is -1.03. The van der Waals surface area contributed by atoms with Gasteiger partial charge in [-0.1, -0.05) is 66.7 Å². The van der Waals surface area contributed by atoms with Crippen molar-refractivity contribution in [2.75, 3.05) is 0 Å². The van der Waals surface area contributed by atoms with Gasteiger partial charge in [0.2, 0.25) is 0 Å². The third kappa shape index (κ3) is 3.26. The van der Waals surface area contributed by atoms with Crippen molar-refractivity contribution in [1.29, 1.82) is 0 Å². The highest BCUT2D eigenvalue weighted by molar-refractivity contribution is 5.89. The quantitative estimate of drug-likeness (QED) is 0.549. The highest BCUT2D eigenvalue weighted by Crippen LogP contribution is 2.68. The molecule has 4 rings (SSSR count). The number of hydrogen-bond acceptors (Lipinski definition) is 2. The summed E-state index contributed by atoms with van der Waals surface area (Å²) in [5.41, 5.74) is -0.783. The fraction of sp³-hybridized carbons (Fsp3) is 0.963. The summed E-state index contributed by atoms with van der Waals surface area (Å²) in [5, 5.41) is 11.5. The van der Waals surface area contributed by atoms with Gasteiger partial charge in [0.15, 0.2) is 5.78 Å². The van der Waals surface area contributed by atoms with E-state index in [1.807, 2.05) is 0 Å². The standard InChI is InChI=1S/C27H46O2/c1-18(2)9-8-10-19(3)21-11-12-22-20-17-24(28)27(29)15-7-6-14-26(27,5)23(20)13-16-25(21,22)4/h18-23,29H,6-17H2,1-5H3/t19-,20+,21+,22-,23-,25+,26-,27+/m1/s1. The van der Waals surface area contributed by atoms with E-state index >= 15 is 0 Å². The average Bonchev–Trinajstić information content (AvgIpc) is 3.01. The summed E-state index contributed by atoms with van der Waals surface area (Å²) in [7, 11) is 0. The van der Waals surface area contributed by atoms with Crippen LogP contribution in [0.1, 0.15) is 112 Å². The molecule has 0 heterocycles. The van der Waals surface area contributed by atoms with Gasteiger partial charge in [0.05, 0.1) is 0 Å². The largest absolute Gasteiger partial charge is 0.381 e. The summed E-state index contributed by atoms with van der Waals surface area (Å²) >= 11 is 0. The highest BCUT2D eigenvalue weighted by atomic mass is 16.3. The molecule has 166 valence electrons. The van der Waals surface area contributed by atoms with Crippen molar-refractivity contribution in [3.8, 4) is 0 Å². The molecule has 0 aromatic carbocycles. The smallest absolute Gasteiger partial charge is 0.165 e. The predicted molar refractivity (Wildman–Crippen MR) is 120 cm³/mol. The number of fused-ring (bicyclic) bond motifs is 5. The minimum Gasteiger partial charge on any atom is -0.381 e. The summed E-state index contributed by atoms with van der Waals surface area (Å²) in [6.07, 6.45) is 14.0. The number of aliphatic hydroxyl groups is 1. The van der Waals surface area contributed by atoms with Crippen LogP contribution in [0.25, 0.3) is 0 Å². The first-order chi connectivity index (χ1) is 13.6. The van der Waals surface area contributed by atoms with E-state index in [0.717, 1.165) is 30.6 Å². The molecule has 8 atom stereocenters. The van der Waals surface area contributed by atoms with E-state index in [4.69, 9.17) is 0 Å². The summed E-state index contributed by atoms with van der Waals surface area (Å²) in [4.78, 5) is 13.3. The number of Topliss-reactive ketones (excluding diaryl/α,β-unsaturated/α-hetero) is 1. The van der Waals surface area contributed by atoms with Crippen molar-refractivity contribution in [2.24, 2.45) is 46.3 Å². The maximum absolute atomic E-state index is 13.3. The normalized spacial score (nSPS) is 48.2. The van der Waals surface area contributed by atoms with Gasteiger partial charge in [-0.15, -0.1) is 0 Å². The molecule has 4 fully saturated rings. The van der Waals surface area contributed by atoms with E-state index < -0.39 is 5.60 Å². The van der Waals surface area contributed by atoms with Crippen LogP contribution in [-0.4, -0.2) is 16.5 Å². The zero-order valence-electron chi connectivity index (χ0n) is 19.8. The number of hydrogen-bond donors (Lipinski definition) is 1. The molecule has 0 spiro atoms. The molecule has 2 heteroatoms. The highest BCUT2D eigenvalue weighted by Gasteiger charge is 2.66. The van der Waals surface area contributed by atoms with E-state index in [1.165, 1.54) is 51.4 Å². The maximum Gasteiger partial charge on any atom is 0.165 e. The van der Waals surface area contributed by atoms with E-state index in [2.05, 4.69) is 34.6 Å². The molecule has 29 heavy (non-hydrogen) atoms. The van der Waals surface area contributed by atoms with Gasteiger partial charge < -0.3 is 5.11 Å². The third-order valence-corrected chi connectivity index (χ3v) is 10.8. The van der Waals surface area contributed by atoms with Crippen LogP contribution in [0.15, 0.2) is 0 Å². The molecular weight excluding hydrogens is 356 g/mol. The molecule has 0 amide bonds. The van der Waals surface area contributed by atoms with Crippen LogP contribution >= 0.6 is 0 Å². The Bertz CT molecular complexity index is 626. The Hall–Kier alpha value is -0.370. The van der Waals surface area contributed by atoms with Crippen molar-refractivity contribution in [1.82, 2.24) is 0 Å². The average molecular weight is 403 g/mol. The SMILES string of the molecule is CC(C)CCC[C@@H](C)[C@@H]1CC[C@@H]2[C@@H]3CC(=O)[C@@]4(O)CCCC[C@]4(C)[C@@H]3CC[C@]21C. The van der Waals surface area contributed by atoms with Crippen LogP contribution in [0.3, 0.4) is 0 Å². The van der Waals surface area contributed by atoms with Crippen LogP contribution in [0.2, 0.25) is 0 Å². The lowest BCUT2D eigenvalue weighted by atomic mass is 9.43. The zero-order valence-corrected chi connectivity index (χ0v) is 19.8. The van der Waals surface area contributed by atoms with Gasteiger partial charge in [0.1, 0.15) is 5.60 Å². The Morgan fingerprint density at radius 1 is 0.966 bits per heavy atom. The van der Waals surface area contributed by atoms with Gasteiger partial charge in [0, 0.05) is 11.8 Å². The second-order valence-corrected chi connectivity index (χ2v) is 12.5. The maximum atomic E-state index is 13.3. The molecule has 0 aromatic heterocycles. The molecule has 0 saturated heterocycles. The van der Waals surface area contributed by atoms with Gasteiger partial charge >= 0.3 is 0 Å². The molecular formula is C27H46O2. The lowest BCUT2D eigenvalue weighted by molar-refractivity contribution is -0.203. The molecule has 0 aliphatic heterocycles. The summed E-state index contributed by atoms with van der Waals surface area (Å²) < 4.78 is 0. The molecule has 4 aliphatic carbocycles. The Labute approximate surface area is 179 Å². The van der Waals surface area contributed by atoms with Crippen LogP contribution in [0.5, 0.6) is 0 Å². The van der Waals surface area contributed by atoms with E-state index in [-0.39, 0.29) is 11.2 Å². The number of rotatable bonds is 5. The van der Waals surface area contributed by atoms with Crippen molar-refractivity contribution in [3.63, 3.8) is 0 Å². The van der Waals surface area contributed by atoms with Crippen molar-refractivity contribution >= 4 is 5.78 Å². The number of carbonyl (C=O) groups excluding carboxylic acids is 1. The van der Waals surface area contributed by atoms with Crippen LogP contribution in [0, 0.1) is 46.3 Å². The van der Waals surface area contributed by atoms with E-state index in [9.17, 15) is 9.90 Å². The third-order valence-electron chi connectivity index (χ3n) is 10.8. The molecule has 4 saturated carbocycles. The van der Waals surface area contributed by atoms with Crippen molar-refractivity contribution in [3.05, 3.63) is 0 Å². The first-order valence-electron chi connectivity index (χ1n) is 12.9. The van der Waals surface area contributed by atoms with E-state index in [0.29, 0.717) is 36.0 Å². The van der Waals surface area contributed by atoms with Crippen LogP contribution in [-0.2, 0) is 4.79 Å². The fourth-order valence-electron chi connectivity index (χ4n) is 9.09. The van der Waals surface area contributed by atoms with Gasteiger partial charge in [-0.3, -0.25) is 4.79 Å². The Morgan fingerprint density at radius 2 is 1.69 bits per heavy atom. The second-order valence-electron chi connectivity index (χ2n) is 12.5. The van der Waals surface area contributed by atoms with Gasteiger partial charge in [-0.25, -0.2) is 0 Å². The first-order valence-corrected chi connectivity index (χ1v) is 12.9. The Kier molecular flexibility index (Phi) is 5.76. The van der Waals surface area contributed by atoms with Crippen molar-refractivity contribution in [2.45, 2.75) is 117 Å². The predicted octanol–water partition coefficient (Wildman–Crippen LogP) is 6.79. The lowest BCUT2D eigenvalue weighted by Crippen LogP contribution is -2.65. The molecule has 0 bridgehead atoms. The molecule has 1 N–H and O–H groups in total. The summed E-state index contributed by atoms with van der Waals surface area (Å²) in [5.74, 6) is 4.42. The van der Waals surface area contributed by atoms with Gasteiger partial charge in [-0.05, 0) is 79.4 Å². The van der Waals surface area contributed by atoms with Crippen LogP contribution < -0.4 is 0 Å².